The summed E-state index contributed by atoms with van der Waals surface area (Å²) < 4.78 is 0. The Kier molecular flexibility index (Phi) is 3.65. The van der Waals surface area contributed by atoms with Gasteiger partial charge in [0.2, 0.25) is 0 Å². The predicted octanol–water partition coefficient (Wildman–Crippen LogP) is 3.92. The van der Waals surface area contributed by atoms with Gasteiger partial charge in [0, 0.05) is 0 Å². The summed E-state index contributed by atoms with van der Waals surface area (Å²) in [6.07, 6.45) is 4.14. The predicted molar refractivity (Wildman–Crippen MR) is 78.0 cm³/mol. The Hall–Kier alpha value is -1.60. The number of hydrogen-bond acceptors (Lipinski definition) is 1. The van der Waals surface area contributed by atoms with Crippen molar-refractivity contribution in [2.75, 3.05) is 0 Å². The summed E-state index contributed by atoms with van der Waals surface area (Å²) in [5.41, 5.74) is 3.87. The van der Waals surface area contributed by atoms with Gasteiger partial charge in [-0.1, -0.05) is 54.6 Å². The molecule has 1 aliphatic carbocycles. The topological polar surface area (TPSA) is 20.2 Å². The SMILES string of the molecule is O[C@@H]1c2ccccc2C[C@@H]1CCCc1ccccc1. The Morgan fingerprint density at radius 2 is 1.68 bits per heavy atom. The van der Waals surface area contributed by atoms with Gasteiger partial charge in [-0.15, -0.1) is 0 Å². The molecule has 98 valence electrons. The van der Waals surface area contributed by atoms with Crippen molar-refractivity contribution in [3.05, 3.63) is 71.3 Å². The Morgan fingerprint density at radius 1 is 0.947 bits per heavy atom. The van der Waals surface area contributed by atoms with Crippen molar-refractivity contribution in [3.8, 4) is 0 Å². The van der Waals surface area contributed by atoms with Gasteiger partial charge < -0.3 is 5.11 Å². The fourth-order valence-electron chi connectivity index (χ4n) is 3.13. The third-order valence-corrected chi connectivity index (χ3v) is 4.19. The molecule has 1 heteroatoms. The Labute approximate surface area is 114 Å². The van der Waals surface area contributed by atoms with Crippen LogP contribution < -0.4 is 0 Å². The minimum Gasteiger partial charge on any atom is -0.388 e. The van der Waals surface area contributed by atoms with Gasteiger partial charge in [-0.2, -0.15) is 0 Å². The van der Waals surface area contributed by atoms with E-state index in [-0.39, 0.29) is 6.10 Å². The lowest BCUT2D eigenvalue weighted by Gasteiger charge is -2.14. The first-order valence-corrected chi connectivity index (χ1v) is 7.14. The number of benzene rings is 2. The zero-order valence-corrected chi connectivity index (χ0v) is 11.1. The second kappa shape index (κ2) is 5.58. The van der Waals surface area contributed by atoms with Crippen LogP contribution in [-0.2, 0) is 12.8 Å². The maximum atomic E-state index is 10.3. The molecule has 0 bridgehead atoms. The average molecular weight is 252 g/mol. The highest BCUT2D eigenvalue weighted by molar-refractivity contribution is 5.34. The lowest BCUT2D eigenvalue weighted by atomic mass is 9.95. The molecule has 1 aliphatic rings. The average Bonchev–Trinajstić information content (AvgIpc) is 2.78. The van der Waals surface area contributed by atoms with Crippen LogP contribution in [0.3, 0.4) is 0 Å². The molecule has 0 amide bonds. The first kappa shape index (κ1) is 12.4. The molecular weight excluding hydrogens is 232 g/mol. The van der Waals surface area contributed by atoms with Crippen LogP contribution in [0.1, 0.15) is 35.6 Å². The molecule has 1 N–H and O–H groups in total. The number of aliphatic hydroxyl groups is 1. The summed E-state index contributed by atoms with van der Waals surface area (Å²) in [7, 11) is 0. The van der Waals surface area contributed by atoms with E-state index in [1.807, 2.05) is 6.07 Å². The highest BCUT2D eigenvalue weighted by Crippen LogP contribution is 2.38. The second-order valence-electron chi connectivity index (χ2n) is 5.49. The van der Waals surface area contributed by atoms with Crippen molar-refractivity contribution in [3.63, 3.8) is 0 Å². The van der Waals surface area contributed by atoms with Gasteiger partial charge in [0.15, 0.2) is 0 Å². The van der Waals surface area contributed by atoms with Crippen LogP contribution in [0.2, 0.25) is 0 Å². The fraction of sp³-hybridized carbons (Fsp3) is 0.333. The van der Waals surface area contributed by atoms with E-state index in [9.17, 15) is 5.11 Å². The summed E-state index contributed by atoms with van der Waals surface area (Å²) in [6, 6.07) is 18.9. The van der Waals surface area contributed by atoms with Gasteiger partial charge in [-0.05, 0) is 48.3 Å². The molecule has 19 heavy (non-hydrogen) atoms. The highest BCUT2D eigenvalue weighted by Gasteiger charge is 2.29. The maximum absolute atomic E-state index is 10.3. The normalized spacial score (nSPS) is 21.3. The third-order valence-electron chi connectivity index (χ3n) is 4.19. The molecule has 3 rings (SSSR count). The quantitative estimate of drug-likeness (QED) is 0.874. The molecule has 2 aromatic carbocycles. The fourth-order valence-corrected chi connectivity index (χ4v) is 3.13. The van der Waals surface area contributed by atoms with Crippen molar-refractivity contribution in [2.45, 2.75) is 31.8 Å². The molecule has 2 atom stereocenters. The van der Waals surface area contributed by atoms with Crippen LogP contribution in [-0.4, -0.2) is 5.11 Å². The van der Waals surface area contributed by atoms with E-state index in [2.05, 4.69) is 48.5 Å². The minimum atomic E-state index is -0.257. The zero-order chi connectivity index (χ0) is 13.1. The van der Waals surface area contributed by atoms with Crippen LogP contribution in [0.25, 0.3) is 0 Å². The molecule has 0 aromatic heterocycles. The van der Waals surface area contributed by atoms with E-state index < -0.39 is 0 Å². The van der Waals surface area contributed by atoms with Crippen LogP contribution in [0, 0.1) is 5.92 Å². The molecule has 1 nitrogen and oxygen atoms in total. The van der Waals surface area contributed by atoms with Crippen molar-refractivity contribution in [1.82, 2.24) is 0 Å². The van der Waals surface area contributed by atoms with E-state index in [4.69, 9.17) is 0 Å². The zero-order valence-electron chi connectivity index (χ0n) is 11.1. The van der Waals surface area contributed by atoms with Crippen LogP contribution in [0.5, 0.6) is 0 Å². The maximum Gasteiger partial charge on any atom is 0.0824 e. The van der Waals surface area contributed by atoms with Gasteiger partial charge >= 0.3 is 0 Å². The minimum absolute atomic E-state index is 0.257. The number of hydrogen-bond donors (Lipinski definition) is 1. The highest BCUT2D eigenvalue weighted by atomic mass is 16.3. The van der Waals surface area contributed by atoms with Crippen molar-refractivity contribution >= 4 is 0 Å². The van der Waals surface area contributed by atoms with Crippen LogP contribution in [0.15, 0.2) is 54.6 Å². The largest absolute Gasteiger partial charge is 0.388 e. The third kappa shape index (κ3) is 2.71. The summed E-state index contributed by atoms with van der Waals surface area (Å²) in [5.74, 6) is 0.404. The van der Waals surface area contributed by atoms with Crippen molar-refractivity contribution in [2.24, 2.45) is 5.92 Å². The molecule has 0 heterocycles. The number of rotatable bonds is 4. The molecule has 0 unspecified atom stereocenters. The Bertz CT molecular complexity index is 532. The molecule has 0 saturated carbocycles. The van der Waals surface area contributed by atoms with Gasteiger partial charge in [0.05, 0.1) is 6.10 Å². The summed E-state index contributed by atoms with van der Waals surface area (Å²) in [5, 5.41) is 10.3. The summed E-state index contributed by atoms with van der Waals surface area (Å²) in [6.45, 7) is 0. The lowest BCUT2D eigenvalue weighted by molar-refractivity contribution is 0.117. The van der Waals surface area contributed by atoms with E-state index in [1.165, 1.54) is 11.1 Å². The van der Waals surface area contributed by atoms with Crippen LogP contribution in [0.4, 0.5) is 0 Å². The molecular formula is C18H20O. The summed E-state index contributed by atoms with van der Waals surface area (Å²) in [4.78, 5) is 0. The van der Waals surface area contributed by atoms with E-state index >= 15 is 0 Å². The molecule has 0 radical (unpaired) electrons. The first-order valence-electron chi connectivity index (χ1n) is 7.14. The molecule has 0 aliphatic heterocycles. The second-order valence-corrected chi connectivity index (χ2v) is 5.49. The molecule has 0 fully saturated rings. The molecule has 0 saturated heterocycles. The lowest BCUT2D eigenvalue weighted by Crippen LogP contribution is -2.07. The Balaban J connectivity index is 1.55. The van der Waals surface area contributed by atoms with E-state index in [0.717, 1.165) is 31.2 Å². The van der Waals surface area contributed by atoms with E-state index in [0.29, 0.717) is 5.92 Å². The molecule has 0 spiro atoms. The van der Waals surface area contributed by atoms with Gasteiger partial charge in [0.25, 0.3) is 0 Å². The smallest absolute Gasteiger partial charge is 0.0824 e. The number of aliphatic hydroxyl groups excluding tert-OH is 1. The van der Waals surface area contributed by atoms with Gasteiger partial charge in [-0.3, -0.25) is 0 Å². The van der Waals surface area contributed by atoms with Crippen molar-refractivity contribution in [1.29, 1.82) is 0 Å². The number of aryl methyl sites for hydroxylation is 1. The number of fused-ring (bicyclic) bond motifs is 1. The van der Waals surface area contributed by atoms with E-state index in [1.54, 1.807) is 0 Å². The van der Waals surface area contributed by atoms with Crippen LogP contribution >= 0.6 is 0 Å². The van der Waals surface area contributed by atoms with Gasteiger partial charge in [-0.25, -0.2) is 0 Å². The monoisotopic (exact) mass is 252 g/mol. The van der Waals surface area contributed by atoms with Crippen molar-refractivity contribution < 1.29 is 5.11 Å². The Morgan fingerprint density at radius 3 is 2.47 bits per heavy atom. The standard InChI is InChI=1S/C18H20O/c19-18-16(13-15-10-4-5-12-17(15)18)11-6-9-14-7-2-1-3-8-14/h1-5,7-8,10,12,16,18-19H,6,9,11,13H2/t16-,18-/m0/s1. The summed E-state index contributed by atoms with van der Waals surface area (Å²) >= 11 is 0. The van der Waals surface area contributed by atoms with Gasteiger partial charge in [0.1, 0.15) is 0 Å². The first-order chi connectivity index (χ1) is 9.34. The molecule has 2 aromatic rings.